The topological polar surface area (TPSA) is 73.2 Å². The number of morpholine rings is 1. The minimum absolute atomic E-state index is 0.474. The Kier molecular flexibility index (Phi) is 8.95. The maximum atomic E-state index is 9.76. The zero-order valence-electron chi connectivity index (χ0n) is 21.2. The van der Waals surface area contributed by atoms with Crippen molar-refractivity contribution in [3.8, 4) is 16.5 Å². The van der Waals surface area contributed by atoms with Crippen molar-refractivity contribution in [2.24, 2.45) is 0 Å². The Labute approximate surface area is 240 Å². The predicted octanol–water partition coefficient (Wildman–Crippen LogP) is 7.11. The molecule has 1 aliphatic heterocycles. The molecule has 1 saturated heterocycles. The van der Waals surface area contributed by atoms with Gasteiger partial charge in [-0.15, -0.1) is 11.3 Å². The van der Waals surface area contributed by atoms with E-state index < -0.39 is 0 Å². The fourth-order valence-electron chi connectivity index (χ4n) is 4.64. The quantitative estimate of drug-likeness (QED) is 0.197. The molecule has 9 heteroatoms. The Morgan fingerprint density at radius 1 is 1.16 bits per heavy atom. The molecule has 0 radical (unpaired) electrons. The third kappa shape index (κ3) is 6.37. The van der Waals surface area contributed by atoms with Gasteiger partial charge in [0.25, 0.3) is 0 Å². The lowest BCUT2D eigenvalue weighted by Crippen LogP contribution is -2.37. The monoisotopic (exact) mass is 609 g/mol. The molecule has 5 rings (SSSR count). The number of hydrogen-bond acceptors (Lipinski definition) is 7. The van der Waals surface area contributed by atoms with E-state index in [1.807, 2.05) is 25.1 Å². The van der Waals surface area contributed by atoms with Crippen LogP contribution < -0.4 is 10.6 Å². The largest absolute Gasteiger partial charge is 0.379 e. The fourth-order valence-corrected chi connectivity index (χ4v) is 6.64. The molecule has 2 N–H and O–H groups in total. The molecule has 0 aliphatic carbocycles. The van der Waals surface area contributed by atoms with Gasteiger partial charge in [-0.3, -0.25) is 9.88 Å². The van der Waals surface area contributed by atoms with Crippen LogP contribution in [0.5, 0.6) is 0 Å². The number of aryl methyl sites for hydroxylation is 1. The van der Waals surface area contributed by atoms with E-state index in [-0.39, 0.29) is 0 Å². The lowest BCUT2D eigenvalue weighted by atomic mass is 10.1. The molecule has 2 aromatic heterocycles. The van der Waals surface area contributed by atoms with Crippen LogP contribution >= 0.6 is 38.9 Å². The van der Waals surface area contributed by atoms with Gasteiger partial charge in [-0.05, 0) is 67.9 Å². The lowest BCUT2D eigenvalue weighted by Gasteiger charge is -2.26. The molecule has 2 aromatic carbocycles. The van der Waals surface area contributed by atoms with Crippen LogP contribution in [0.25, 0.3) is 21.3 Å². The van der Waals surface area contributed by atoms with Crippen LogP contribution in [0.2, 0.25) is 5.02 Å². The number of ether oxygens (including phenoxy) is 1. The fraction of sp³-hybridized carbons (Fsp3) is 0.310. The highest BCUT2D eigenvalue weighted by atomic mass is 79.9. The van der Waals surface area contributed by atoms with Crippen LogP contribution in [0.3, 0.4) is 0 Å². The molecule has 0 bridgehead atoms. The number of anilines is 2. The maximum absolute atomic E-state index is 9.76. The first-order valence-electron chi connectivity index (χ1n) is 12.7. The highest BCUT2D eigenvalue weighted by molar-refractivity contribution is 9.10. The summed E-state index contributed by atoms with van der Waals surface area (Å²) in [6.07, 6.45) is 2.76. The van der Waals surface area contributed by atoms with E-state index in [9.17, 15) is 5.26 Å². The molecular formula is C29H29BrClN5OS. The van der Waals surface area contributed by atoms with E-state index in [2.05, 4.69) is 66.8 Å². The van der Waals surface area contributed by atoms with Gasteiger partial charge in [0, 0.05) is 45.4 Å². The second-order valence-corrected chi connectivity index (χ2v) is 11.8. The predicted molar refractivity (Wildman–Crippen MR) is 161 cm³/mol. The highest BCUT2D eigenvalue weighted by Crippen LogP contribution is 2.37. The number of halogens is 2. The van der Waals surface area contributed by atoms with Crippen LogP contribution in [-0.4, -0.2) is 49.3 Å². The second kappa shape index (κ2) is 12.6. The van der Waals surface area contributed by atoms with Crippen LogP contribution in [0.15, 0.2) is 53.1 Å². The van der Waals surface area contributed by atoms with E-state index >= 15 is 0 Å². The van der Waals surface area contributed by atoms with Crippen molar-refractivity contribution in [1.29, 1.82) is 5.26 Å². The molecule has 4 aromatic rings. The first kappa shape index (κ1) is 27.1. The standard InChI is InChI=1S/C29H29BrClN5OS/c1-19-13-22(30)15-25(31)28(19)35-29-21(16-32)17-34-26-14-20(3-5-24(26)29)27-6-4-23(38-27)18-33-7-2-8-36-9-11-37-12-10-36/h3-6,13-15,17,33H,2,7-12,18H2,1H3,(H,34,35). The number of nitriles is 1. The average molecular weight is 611 g/mol. The molecular weight excluding hydrogens is 582 g/mol. The van der Waals surface area contributed by atoms with Gasteiger partial charge in [0.15, 0.2) is 0 Å². The van der Waals surface area contributed by atoms with Crippen molar-refractivity contribution in [1.82, 2.24) is 15.2 Å². The Morgan fingerprint density at radius 3 is 2.79 bits per heavy atom. The molecule has 0 amide bonds. The van der Waals surface area contributed by atoms with Crippen LogP contribution in [0, 0.1) is 18.3 Å². The van der Waals surface area contributed by atoms with Gasteiger partial charge >= 0.3 is 0 Å². The normalized spacial score (nSPS) is 14.1. The van der Waals surface area contributed by atoms with Gasteiger partial charge < -0.3 is 15.4 Å². The van der Waals surface area contributed by atoms with E-state index in [1.54, 1.807) is 17.5 Å². The third-order valence-corrected chi connectivity index (χ3v) is 8.56. The summed E-state index contributed by atoms with van der Waals surface area (Å²) in [5.41, 5.74) is 4.89. The Balaban J connectivity index is 1.29. The summed E-state index contributed by atoms with van der Waals surface area (Å²) >= 11 is 11.8. The van der Waals surface area contributed by atoms with E-state index in [4.69, 9.17) is 16.3 Å². The van der Waals surface area contributed by atoms with Crippen molar-refractivity contribution in [3.05, 3.63) is 74.2 Å². The Bertz CT molecular complexity index is 1450. The summed E-state index contributed by atoms with van der Waals surface area (Å²) in [6, 6.07) is 16.7. The van der Waals surface area contributed by atoms with Crippen molar-refractivity contribution in [3.63, 3.8) is 0 Å². The molecule has 3 heterocycles. The number of hydrogen-bond donors (Lipinski definition) is 2. The van der Waals surface area contributed by atoms with Crippen molar-refractivity contribution in [2.45, 2.75) is 19.9 Å². The van der Waals surface area contributed by atoms with Gasteiger partial charge in [0.2, 0.25) is 0 Å². The third-order valence-electron chi connectivity index (χ3n) is 6.67. The van der Waals surface area contributed by atoms with E-state index in [0.717, 1.165) is 84.5 Å². The molecule has 196 valence electrons. The van der Waals surface area contributed by atoms with Crippen molar-refractivity contribution >= 4 is 61.1 Å². The molecule has 6 nitrogen and oxygen atoms in total. The molecule has 38 heavy (non-hydrogen) atoms. The van der Waals surface area contributed by atoms with Crippen LogP contribution in [-0.2, 0) is 11.3 Å². The number of nitrogens with zero attached hydrogens (tertiary/aromatic N) is 3. The Morgan fingerprint density at radius 2 is 2.00 bits per heavy atom. The minimum atomic E-state index is 0.474. The number of pyridine rings is 1. The number of nitrogens with one attached hydrogen (secondary N) is 2. The Hall–Kier alpha value is -2.51. The smallest absolute Gasteiger partial charge is 0.103 e. The number of fused-ring (bicyclic) bond motifs is 1. The minimum Gasteiger partial charge on any atom is -0.379 e. The average Bonchev–Trinajstić information content (AvgIpc) is 3.39. The zero-order chi connectivity index (χ0) is 26.5. The molecule has 1 fully saturated rings. The van der Waals surface area contributed by atoms with Gasteiger partial charge in [-0.1, -0.05) is 39.7 Å². The number of aromatic nitrogens is 1. The van der Waals surface area contributed by atoms with Gasteiger partial charge in [-0.2, -0.15) is 5.26 Å². The maximum Gasteiger partial charge on any atom is 0.103 e. The van der Waals surface area contributed by atoms with E-state index in [1.165, 1.54) is 9.75 Å². The summed E-state index contributed by atoms with van der Waals surface area (Å²) in [5, 5.41) is 18.2. The number of rotatable bonds is 9. The molecule has 1 aliphatic rings. The van der Waals surface area contributed by atoms with Crippen LogP contribution in [0.1, 0.15) is 22.4 Å². The zero-order valence-corrected chi connectivity index (χ0v) is 24.3. The number of benzene rings is 2. The number of thiophene rings is 1. The molecule has 0 unspecified atom stereocenters. The van der Waals surface area contributed by atoms with Gasteiger partial charge in [0.1, 0.15) is 6.07 Å². The highest BCUT2D eigenvalue weighted by Gasteiger charge is 2.15. The summed E-state index contributed by atoms with van der Waals surface area (Å²) in [5.74, 6) is 0. The summed E-state index contributed by atoms with van der Waals surface area (Å²) in [7, 11) is 0. The van der Waals surface area contributed by atoms with Gasteiger partial charge in [0.05, 0.1) is 40.7 Å². The second-order valence-electron chi connectivity index (χ2n) is 9.35. The van der Waals surface area contributed by atoms with Crippen LogP contribution in [0.4, 0.5) is 11.4 Å². The summed E-state index contributed by atoms with van der Waals surface area (Å²) in [4.78, 5) is 9.57. The summed E-state index contributed by atoms with van der Waals surface area (Å²) < 4.78 is 6.33. The molecule has 0 atom stereocenters. The first-order valence-corrected chi connectivity index (χ1v) is 14.7. The molecule has 0 saturated carbocycles. The summed E-state index contributed by atoms with van der Waals surface area (Å²) in [6.45, 7) is 8.77. The lowest BCUT2D eigenvalue weighted by molar-refractivity contribution is 0.0374. The molecule has 0 spiro atoms. The first-order chi connectivity index (χ1) is 18.5. The van der Waals surface area contributed by atoms with E-state index in [0.29, 0.717) is 16.3 Å². The van der Waals surface area contributed by atoms with Crippen molar-refractivity contribution in [2.75, 3.05) is 44.7 Å². The van der Waals surface area contributed by atoms with Gasteiger partial charge in [-0.25, -0.2) is 0 Å². The SMILES string of the molecule is Cc1cc(Br)cc(Cl)c1Nc1c(C#N)cnc2cc(-c3ccc(CNCCCN4CCOCC4)s3)ccc12. The van der Waals surface area contributed by atoms with Crippen molar-refractivity contribution < 1.29 is 4.74 Å².